The van der Waals surface area contributed by atoms with Crippen LogP contribution >= 0.6 is 0 Å². The monoisotopic (exact) mass is 397 g/mol. The van der Waals surface area contributed by atoms with Crippen molar-refractivity contribution >= 4 is 22.3 Å². The minimum atomic E-state index is 0.430. The average molecular weight is 397 g/mol. The normalized spacial score (nSPS) is 10.3. The van der Waals surface area contributed by atoms with Crippen LogP contribution in [0.1, 0.15) is 5.56 Å². The maximum Gasteiger partial charge on any atom is 0.187 e. The molecule has 0 bridgehead atoms. The number of ether oxygens (including phenoxy) is 3. The van der Waals surface area contributed by atoms with E-state index in [9.17, 15) is 5.26 Å². The highest BCUT2D eigenvalue weighted by Crippen LogP contribution is 2.39. The molecule has 0 amide bonds. The lowest BCUT2D eigenvalue weighted by molar-refractivity contribution is 0.358. The third-order valence-electron chi connectivity index (χ3n) is 4.60. The second-order valence-electron chi connectivity index (χ2n) is 6.42. The van der Waals surface area contributed by atoms with Gasteiger partial charge in [-0.25, -0.2) is 0 Å². The van der Waals surface area contributed by atoms with Crippen LogP contribution in [0.5, 0.6) is 23.0 Å². The summed E-state index contributed by atoms with van der Waals surface area (Å²) in [5.41, 5.74) is 2.51. The topological polar surface area (TPSA) is 76.4 Å². The van der Waals surface area contributed by atoms with Gasteiger partial charge in [-0.3, -0.25) is 4.98 Å². The summed E-state index contributed by atoms with van der Waals surface area (Å²) in [7, 11) is 3.14. The Labute approximate surface area is 174 Å². The van der Waals surface area contributed by atoms with Crippen molar-refractivity contribution in [1.82, 2.24) is 4.98 Å². The van der Waals surface area contributed by atoms with E-state index in [2.05, 4.69) is 16.4 Å². The molecular weight excluding hydrogens is 378 g/mol. The highest BCUT2D eigenvalue weighted by molar-refractivity contribution is 5.99. The second-order valence-corrected chi connectivity index (χ2v) is 6.42. The minimum Gasteiger partial charge on any atom is -0.493 e. The molecule has 1 aromatic heterocycles. The summed E-state index contributed by atoms with van der Waals surface area (Å²) in [5.74, 6) is 2.59. The van der Waals surface area contributed by atoms with Crippen molar-refractivity contribution in [2.45, 2.75) is 0 Å². The molecule has 0 radical (unpaired) electrons. The predicted molar refractivity (Wildman–Crippen MR) is 116 cm³/mol. The molecule has 0 saturated carbocycles. The number of para-hydroxylation sites is 1. The van der Waals surface area contributed by atoms with Crippen LogP contribution in [0.15, 0.2) is 72.9 Å². The van der Waals surface area contributed by atoms with Crippen molar-refractivity contribution in [3.05, 3.63) is 78.5 Å². The largest absolute Gasteiger partial charge is 0.493 e. The van der Waals surface area contributed by atoms with E-state index < -0.39 is 0 Å². The third-order valence-corrected chi connectivity index (χ3v) is 4.60. The van der Waals surface area contributed by atoms with Crippen molar-refractivity contribution in [3.63, 3.8) is 0 Å². The Bertz CT molecular complexity index is 1220. The van der Waals surface area contributed by atoms with Crippen LogP contribution < -0.4 is 19.5 Å². The van der Waals surface area contributed by atoms with E-state index in [1.165, 1.54) is 6.20 Å². The highest BCUT2D eigenvalue weighted by Gasteiger charge is 2.16. The number of rotatable bonds is 6. The van der Waals surface area contributed by atoms with Gasteiger partial charge >= 0.3 is 0 Å². The summed E-state index contributed by atoms with van der Waals surface area (Å²) in [6.07, 6.45) is 1.53. The van der Waals surface area contributed by atoms with Crippen LogP contribution in [0.2, 0.25) is 0 Å². The number of anilines is 2. The van der Waals surface area contributed by atoms with Crippen molar-refractivity contribution in [2.75, 3.05) is 19.5 Å². The zero-order chi connectivity index (χ0) is 20.9. The van der Waals surface area contributed by atoms with E-state index >= 15 is 0 Å². The van der Waals surface area contributed by atoms with E-state index in [1.807, 2.05) is 60.7 Å². The SMILES string of the molecule is COc1ccc2c(Nc3ccc(Oc4ccccc4)cc3)c(C#N)cnc2c1OC. The Kier molecular flexibility index (Phi) is 5.35. The maximum absolute atomic E-state index is 9.59. The first-order valence-electron chi connectivity index (χ1n) is 9.27. The van der Waals surface area contributed by atoms with Crippen LogP contribution in [-0.4, -0.2) is 19.2 Å². The molecule has 30 heavy (non-hydrogen) atoms. The van der Waals surface area contributed by atoms with Crippen LogP contribution in [-0.2, 0) is 0 Å². The first kappa shape index (κ1) is 19.1. The standard InChI is InChI=1S/C24H19N3O3/c1-28-21-13-12-20-22(16(14-25)15-26-23(20)24(21)29-2)27-17-8-10-19(11-9-17)30-18-6-4-3-5-7-18/h3-13,15H,1-2H3,(H,26,27). The molecule has 0 aliphatic rings. The van der Waals surface area contributed by atoms with Gasteiger partial charge in [-0.05, 0) is 48.5 Å². The molecule has 6 nitrogen and oxygen atoms in total. The van der Waals surface area contributed by atoms with Crippen LogP contribution in [0.3, 0.4) is 0 Å². The van der Waals surface area contributed by atoms with Gasteiger partial charge in [0, 0.05) is 17.3 Å². The van der Waals surface area contributed by atoms with E-state index in [0.29, 0.717) is 28.3 Å². The number of nitriles is 1. The quantitative estimate of drug-likeness (QED) is 0.452. The van der Waals surface area contributed by atoms with Gasteiger partial charge in [0.15, 0.2) is 11.5 Å². The molecule has 0 atom stereocenters. The highest BCUT2D eigenvalue weighted by atomic mass is 16.5. The number of pyridine rings is 1. The van der Waals surface area contributed by atoms with Crippen molar-refractivity contribution in [1.29, 1.82) is 5.26 Å². The molecule has 0 saturated heterocycles. The van der Waals surface area contributed by atoms with Crippen LogP contribution in [0, 0.1) is 11.3 Å². The molecular formula is C24H19N3O3. The fourth-order valence-electron chi connectivity index (χ4n) is 3.17. The van der Waals surface area contributed by atoms with E-state index in [1.54, 1.807) is 20.3 Å². The Morgan fingerprint density at radius 1 is 0.867 bits per heavy atom. The number of methoxy groups -OCH3 is 2. The molecule has 6 heteroatoms. The number of benzene rings is 3. The summed E-state index contributed by atoms with van der Waals surface area (Å²) >= 11 is 0. The van der Waals surface area contributed by atoms with Gasteiger partial charge in [0.1, 0.15) is 23.1 Å². The Morgan fingerprint density at radius 3 is 2.27 bits per heavy atom. The number of nitrogens with one attached hydrogen (secondary N) is 1. The zero-order valence-electron chi connectivity index (χ0n) is 16.5. The Balaban J connectivity index is 1.68. The number of nitrogens with zero attached hydrogens (tertiary/aromatic N) is 2. The first-order chi connectivity index (χ1) is 14.7. The van der Waals surface area contributed by atoms with Gasteiger partial charge in [-0.2, -0.15) is 5.26 Å². The number of fused-ring (bicyclic) bond motifs is 1. The van der Waals surface area contributed by atoms with Gasteiger partial charge in [0.25, 0.3) is 0 Å². The Hall–Kier alpha value is -4.24. The third kappa shape index (κ3) is 3.69. The molecule has 0 aliphatic heterocycles. The molecule has 148 valence electrons. The predicted octanol–water partition coefficient (Wildman–Crippen LogP) is 5.66. The summed E-state index contributed by atoms with van der Waals surface area (Å²) in [6, 6.07) is 23.0. The molecule has 0 spiro atoms. The van der Waals surface area contributed by atoms with Gasteiger partial charge in [-0.1, -0.05) is 18.2 Å². The van der Waals surface area contributed by atoms with Gasteiger partial charge in [-0.15, -0.1) is 0 Å². The van der Waals surface area contributed by atoms with E-state index in [-0.39, 0.29) is 0 Å². The van der Waals surface area contributed by atoms with Gasteiger partial charge in [0.05, 0.1) is 25.5 Å². The molecule has 3 aromatic carbocycles. The number of aromatic nitrogens is 1. The molecule has 4 rings (SSSR count). The van der Waals surface area contributed by atoms with E-state index in [4.69, 9.17) is 14.2 Å². The van der Waals surface area contributed by atoms with Gasteiger partial charge in [0.2, 0.25) is 0 Å². The van der Waals surface area contributed by atoms with Gasteiger partial charge < -0.3 is 19.5 Å². The molecule has 0 fully saturated rings. The maximum atomic E-state index is 9.59. The first-order valence-corrected chi connectivity index (χ1v) is 9.27. The summed E-state index contributed by atoms with van der Waals surface area (Å²) < 4.78 is 16.7. The number of hydrogen-bond acceptors (Lipinski definition) is 6. The second kappa shape index (κ2) is 8.41. The van der Waals surface area contributed by atoms with E-state index in [0.717, 1.165) is 22.6 Å². The molecule has 1 heterocycles. The fraction of sp³-hybridized carbons (Fsp3) is 0.0833. The minimum absolute atomic E-state index is 0.430. The van der Waals surface area contributed by atoms with Crippen molar-refractivity contribution in [3.8, 4) is 29.1 Å². The fourth-order valence-corrected chi connectivity index (χ4v) is 3.17. The lowest BCUT2D eigenvalue weighted by atomic mass is 10.1. The molecule has 1 N–H and O–H groups in total. The summed E-state index contributed by atoms with van der Waals surface area (Å²) in [4.78, 5) is 4.41. The zero-order valence-corrected chi connectivity index (χ0v) is 16.5. The lowest BCUT2D eigenvalue weighted by Gasteiger charge is -2.15. The molecule has 0 aliphatic carbocycles. The van der Waals surface area contributed by atoms with Crippen LogP contribution in [0.25, 0.3) is 10.9 Å². The average Bonchev–Trinajstić information content (AvgIpc) is 2.80. The molecule has 0 unspecified atom stereocenters. The van der Waals surface area contributed by atoms with Crippen LogP contribution in [0.4, 0.5) is 11.4 Å². The van der Waals surface area contributed by atoms with Crippen molar-refractivity contribution < 1.29 is 14.2 Å². The summed E-state index contributed by atoms with van der Waals surface area (Å²) in [5, 5.41) is 13.7. The lowest BCUT2D eigenvalue weighted by Crippen LogP contribution is -1.99. The molecule has 4 aromatic rings. The smallest absolute Gasteiger partial charge is 0.187 e. The number of hydrogen-bond donors (Lipinski definition) is 1. The van der Waals surface area contributed by atoms with Crippen molar-refractivity contribution in [2.24, 2.45) is 0 Å². The Morgan fingerprint density at radius 2 is 1.60 bits per heavy atom. The summed E-state index contributed by atoms with van der Waals surface area (Å²) in [6.45, 7) is 0.